The van der Waals surface area contributed by atoms with E-state index >= 15 is 0 Å². The SMILES string of the molecule is CCNC(CSc1n[nH]c(C)n1)C1CCCCC1. The topological polar surface area (TPSA) is 53.6 Å². The molecule has 2 N–H and O–H groups in total. The van der Waals surface area contributed by atoms with Gasteiger partial charge in [0, 0.05) is 11.8 Å². The lowest BCUT2D eigenvalue weighted by Gasteiger charge is -2.30. The average Bonchev–Trinajstić information content (AvgIpc) is 2.81. The summed E-state index contributed by atoms with van der Waals surface area (Å²) in [4.78, 5) is 4.36. The molecule has 0 aromatic carbocycles. The second-order valence-electron chi connectivity index (χ2n) is 5.08. The maximum absolute atomic E-state index is 4.36. The van der Waals surface area contributed by atoms with Gasteiger partial charge in [0.25, 0.3) is 0 Å². The molecule has 102 valence electrons. The van der Waals surface area contributed by atoms with Crippen LogP contribution in [0.3, 0.4) is 0 Å². The van der Waals surface area contributed by atoms with Crippen molar-refractivity contribution in [2.75, 3.05) is 12.3 Å². The summed E-state index contributed by atoms with van der Waals surface area (Å²) in [5.74, 6) is 2.82. The van der Waals surface area contributed by atoms with Crippen LogP contribution < -0.4 is 5.32 Å². The molecule has 1 aliphatic rings. The summed E-state index contributed by atoms with van der Waals surface area (Å²) in [6, 6.07) is 0.610. The highest BCUT2D eigenvalue weighted by Gasteiger charge is 2.23. The Bertz CT molecular complexity index is 347. The standard InChI is InChI=1S/C13H24N4S/c1-3-14-12(11-7-5-4-6-8-11)9-18-13-15-10(2)16-17-13/h11-12,14H,3-9H2,1-2H3,(H,15,16,17). The minimum absolute atomic E-state index is 0.610. The fraction of sp³-hybridized carbons (Fsp3) is 0.846. The van der Waals surface area contributed by atoms with Gasteiger partial charge in [0.1, 0.15) is 5.82 Å². The summed E-state index contributed by atoms with van der Waals surface area (Å²) >= 11 is 1.77. The van der Waals surface area contributed by atoms with Crippen molar-refractivity contribution in [2.24, 2.45) is 5.92 Å². The molecule has 1 aromatic rings. The van der Waals surface area contributed by atoms with Gasteiger partial charge < -0.3 is 5.32 Å². The van der Waals surface area contributed by atoms with Crippen molar-refractivity contribution in [3.05, 3.63) is 5.82 Å². The zero-order valence-corrected chi connectivity index (χ0v) is 12.2. The first kappa shape index (κ1) is 13.9. The van der Waals surface area contributed by atoms with E-state index in [1.165, 1.54) is 32.1 Å². The number of rotatable bonds is 6. The Morgan fingerprint density at radius 1 is 1.39 bits per heavy atom. The molecule has 1 heterocycles. The molecular weight excluding hydrogens is 244 g/mol. The van der Waals surface area contributed by atoms with Gasteiger partial charge in [-0.1, -0.05) is 37.9 Å². The molecule has 4 nitrogen and oxygen atoms in total. The Kier molecular flexibility index (Phi) is 5.50. The van der Waals surface area contributed by atoms with E-state index in [2.05, 4.69) is 27.4 Å². The van der Waals surface area contributed by atoms with Crippen LogP contribution >= 0.6 is 11.8 Å². The number of aryl methyl sites for hydroxylation is 1. The maximum Gasteiger partial charge on any atom is 0.208 e. The van der Waals surface area contributed by atoms with Crippen LogP contribution in [-0.4, -0.2) is 33.5 Å². The zero-order chi connectivity index (χ0) is 12.8. The van der Waals surface area contributed by atoms with Crippen LogP contribution in [0.2, 0.25) is 0 Å². The molecule has 5 heteroatoms. The molecule has 0 saturated heterocycles. The Hall–Kier alpha value is -0.550. The van der Waals surface area contributed by atoms with Crippen LogP contribution in [0.15, 0.2) is 5.16 Å². The molecule has 1 aromatic heterocycles. The molecule has 0 spiro atoms. The van der Waals surface area contributed by atoms with Crippen molar-refractivity contribution in [3.63, 3.8) is 0 Å². The van der Waals surface area contributed by atoms with Gasteiger partial charge in [-0.25, -0.2) is 4.98 Å². The molecule has 0 amide bonds. The van der Waals surface area contributed by atoms with Crippen molar-refractivity contribution in [2.45, 2.75) is 57.1 Å². The summed E-state index contributed by atoms with van der Waals surface area (Å²) in [6.07, 6.45) is 6.98. The molecule has 1 aliphatic carbocycles. The van der Waals surface area contributed by atoms with E-state index in [4.69, 9.17) is 0 Å². The van der Waals surface area contributed by atoms with E-state index in [1.54, 1.807) is 11.8 Å². The molecule has 2 rings (SSSR count). The third-order valence-corrected chi connectivity index (χ3v) is 4.62. The van der Waals surface area contributed by atoms with Crippen molar-refractivity contribution in [1.82, 2.24) is 20.5 Å². The van der Waals surface area contributed by atoms with Crippen molar-refractivity contribution < 1.29 is 0 Å². The highest BCUT2D eigenvalue weighted by Crippen LogP contribution is 2.29. The summed E-state index contributed by atoms with van der Waals surface area (Å²) in [5.41, 5.74) is 0. The molecular formula is C13H24N4S. The van der Waals surface area contributed by atoms with Crippen LogP contribution in [0.1, 0.15) is 44.9 Å². The Labute approximate surface area is 114 Å². The van der Waals surface area contributed by atoms with E-state index in [-0.39, 0.29) is 0 Å². The summed E-state index contributed by atoms with van der Waals surface area (Å²) in [6.45, 7) is 5.19. The van der Waals surface area contributed by atoms with Gasteiger partial charge in [-0.3, -0.25) is 5.10 Å². The van der Waals surface area contributed by atoms with Crippen LogP contribution in [0.5, 0.6) is 0 Å². The van der Waals surface area contributed by atoms with Gasteiger partial charge in [-0.05, 0) is 32.2 Å². The number of nitrogens with zero attached hydrogens (tertiary/aromatic N) is 2. The second kappa shape index (κ2) is 7.14. The van der Waals surface area contributed by atoms with E-state index in [1.807, 2.05) is 6.92 Å². The van der Waals surface area contributed by atoms with Gasteiger partial charge >= 0.3 is 0 Å². The maximum atomic E-state index is 4.36. The summed E-state index contributed by atoms with van der Waals surface area (Å²) in [7, 11) is 0. The third-order valence-electron chi connectivity index (χ3n) is 3.65. The van der Waals surface area contributed by atoms with Gasteiger partial charge in [0.05, 0.1) is 0 Å². The van der Waals surface area contributed by atoms with Gasteiger partial charge in [0.15, 0.2) is 0 Å². The number of aromatic nitrogens is 3. The quantitative estimate of drug-likeness (QED) is 0.779. The summed E-state index contributed by atoms with van der Waals surface area (Å²) < 4.78 is 0. The first-order valence-electron chi connectivity index (χ1n) is 7.04. The monoisotopic (exact) mass is 268 g/mol. The van der Waals surface area contributed by atoms with Gasteiger partial charge in [-0.2, -0.15) is 0 Å². The predicted octanol–water partition coefficient (Wildman–Crippen LogP) is 2.76. The van der Waals surface area contributed by atoms with Crippen molar-refractivity contribution in [3.8, 4) is 0 Å². The largest absolute Gasteiger partial charge is 0.313 e. The lowest BCUT2D eigenvalue weighted by molar-refractivity contribution is 0.288. The lowest BCUT2D eigenvalue weighted by Crippen LogP contribution is -2.39. The molecule has 0 aliphatic heterocycles. The number of H-pyrrole nitrogens is 1. The molecule has 18 heavy (non-hydrogen) atoms. The fourth-order valence-corrected chi connectivity index (χ4v) is 3.74. The van der Waals surface area contributed by atoms with Crippen LogP contribution in [0, 0.1) is 12.8 Å². The average molecular weight is 268 g/mol. The number of hydrogen-bond acceptors (Lipinski definition) is 4. The normalized spacial score (nSPS) is 19.0. The smallest absolute Gasteiger partial charge is 0.208 e. The Morgan fingerprint density at radius 3 is 2.78 bits per heavy atom. The first-order chi connectivity index (χ1) is 8.79. The van der Waals surface area contributed by atoms with E-state index < -0.39 is 0 Å². The van der Waals surface area contributed by atoms with Crippen molar-refractivity contribution in [1.29, 1.82) is 0 Å². The second-order valence-corrected chi connectivity index (χ2v) is 6.06. The Balaban J connectivity index is 1.85. The molecule has 1 unspecified atom stereocenters. The molecule has 0 bridgehead atoms. The summed E-state index contributed by atoms with van der Waals surface area (Å²) in [5, 5.41) is 11.6. The zero-order valence-electron chi connectivity index (χ0n) is 11.4. The lowest BCUT2D eigenvalue weighted by atomic mass is 9.84. The van der Waals surface area contributed by atoms with E-state index in [0.717, 1.165) is 29.2 Å². The molecule has 1 fully saturated rings. The van der Waals surface area contributed by atoms with Gasteiger partial charge in [-0.15, -0.1) is 5.10 Å². The first-order valence-corrected chi connectivity index (χ1v) is 8.03. The van der Waals surface area contributed by atoms with E-state index in [9.17, 15) is 0 Å². The van der Waals surface area contributed by atoms with E-state index in [0.29, 0.717) is 6.04 Å². The molecule has 0 radical (unpaired) electrons. The molecule has 1 atom stereocenters. The highest BCUT2D eigenvalue weighted by atomic mass is 32.2. The van der Waals surface area contributed by atoms with Crippen LogP contribution in [0.4, 0.5) is 0 Å². The number of nitrogens with one attached hydrogen (secondary N) is 2. The van der Waals surface area contributed by atoms with Crippen LogP contribution in [-0.2, 0) is 0 Å². The highest BCUT2D eigenvalue weighted by molar-refractivity contribution is 7.99. The number of thioether (sulfide) groups is 1. The number of hydrogen-bond donors (Lipinski definition) is 2. The third kappa shape index (κ3) is 3.99. The minimum Gasteiger partial charge on any atom is -0.313 e. The van der Waals surface area contributed by atoms with Gasteiger partial charge in [0.2, 0.25) is 5.16 Å². The van der Waals surface area contributed by atoms with Crippen LogP contribution in [0.25, 0.3) is 0 Å². The Morgan fingerprint density at radius 2 is 2.17 bits per heavy atom. The molecule has 1 saturated carbocycles. The predicted molar refractivity (Wildman–Crippen MR) is 75.9 cm³/mol. The van der Waals surface area contributed by atoms with Crippen molar-refractivity contribution >= 4 is 11.8 Å². The fourth-order valence-electron chi connectivity index (χ4n) is 2.71. The minimum atomic E-state index is 0.610. The number of aromatic amines is 1.